The molecular weight excluding hydrogens is 366 g/mol. The van der Waals surface area contributed by atoms with Crippen LogP contribution in [-0.4, -0.2) is 42.2 Å². The minimum absolute atomic E-state index is 0.0249. The third kappa shape index (κ3) is 3.71. The quantitative estimate of drug-likeness (QED) is 0.448. The summed E-state index contributed by atoms with van der Waals surface area (Å²) in [5.41, 5.74) is 0. The SMILES string of the molecule is CCC(C)C(=O)OCC(F)(F)C(F)(F)C(F)(F)C(F)(F)C(C)(F)F. The summed E-state index contributed by atoms with van der Waals surface area (Å²) in [6, 6.07) is 0. The molecule has 0 heterocycles. The molecule has 1 atom stereocenters. The van der Waals surface area contributed by atoms with Crippen LogP contribution in [-0.2, 0) is 9.53 Å². The minimum atomic E-state index is -7.12. The summed E-state index contributed by atoms with van der Waals surface area (Å²) in [6.07, 6.45) is 0.0249. The third-order valence-corrected chi connectivity index (χ3v) is 3.21. The number of halogens is 10. The molecule has 0 aromatic carbocycles. The third-order valence-electron chi connectivity index (χ3n) is 3.21. The highest BCUT2D eigenvalue weighted by atomic mass is 19.4. The van der Waals surface area contributed by atoms with E-state index in [4.69, 9.17) is 0 Å². The Labute approximate surface area is 130 Å². The van der Waals surface area contributed by atoms with Gasteiger partial charge in [0, 0.05) is 6.92 Å². The minimum Gasteiger partial charge on any atom is -0.459 e. The van der Waals surface area contributed by atoms with Gasteiger partial charge in [-0.3, -0.25) is 4.79 Å². The number of ether oxygens (including phenoxy) is 1. The Morgan fingerprint density at radius 3 is 1.62 bits per heavy atom. The molecule has 0 aliphatic rings. The fourth-order valence-electron chi connectivity index (χ4n) is 1.26. The van der Waals surface area contributed by atoms with E-state index in [0.717, 1.165) is 6.92 Å². The molecular formula is C12H14F10O2. The van der Waals surface area contributed by atoms with Gasteiger partial charge in [0.25, 0.3) is 0 Å². The number of alkyl halides is 10. The fraction of sp³-hybridized carbons (Fsp3) is 0.917. The number of carbonyl (C=O) groups is 1. The predicted octanol–water partition coefficient (Wildman–Crippen LogP) is 4.77. The monoisotopic (exact) mass is 380 g/mol. The Balaban J connectivity index is 5.57. The first-order valence-electron chi connectivity index (χ1n) is 6.42. The average molecular weight is 380 g/mol. The van der Waals surface area contributed by atoms with Gasteiger partial charge >= 0.3 is 35.6 Å². The van der Waals surface area contributed by atoms with Crippen LogP contribution < -0.4 is 0 Å². The van der Waals surface area contributed by atoms with Gasteiger partial charge in [0.2, 0.25) is 0 Å². The summed E-state index contributed by atoms with van der Waals surface area (Å²) in [5.74, 6) is -35.1. The first kappa shape index (κ1) is 22.8. The fourth-order valence-corrected chi connectivity index (χ4v) is 1.26. The normalized spacial score (nSPS) is 16.0. The van der Waals surface area contributed by atoms with E-state index in [9.17, 15) is 48.7 Å². The maximum absolute atomic E-state index is 13.3. The van der Waals surface area contributed by atoms with Crippen LogP contribution in [0.1, 0.15) is 27.2 Å². The molecule has 0 aliphatic heterocycles. The highest BCUT2D eigenvalue weighted by Crippen LogP contribution is 2.56. The van der Waals surface area contributed by atoms with Crippen molar-refractivity contribution in [3.63, 3.8) is 0 Å². The van der Waals surface area contributed by atoms with Gasteiger partial charge in [0.1, 0.15) is 0 Å². The second-order valence-electron chi connectivity index (χ2n) is 5.23. The van der Waals surface area contributed by atoms with Crippen molar-refractivity contribution < 1.29 is 53.4 Å². The molecule has 0 aromatic heterocycles. The highest BCUT2D eigenvalue weighted by molar-refractivity contribution is 5.71. The molecule has 0 aliphatic carbocycles. The van der Waals surface area contributed by atoms with Crippen LogP contribution in [0.5, 0.6) is 0 Å². The molecule has 0 saturated carbocycles. The number of hydrogen-bond acceptors (Lipinski definition) is 2. The summed E-state index contributed by atoms with van der Waals surface area (Å²) < 4.78 is 134. The number of carbonyl (C=O) groups excluding carboxylic acids is 1. The van der Waals surface area contributed by atoms with E-state index in [1.807, 2.05) is 0 Å². The van der Waals surface area contributed by atoms with Crippen molar-refractivity contribution in [3.8, 4) is 0 Å². The molecule has 0 spiro atoms. The molecule has 1 unspecified atom stereocenters. The van der Waals surface area contributed by atoms with Crippen LogP contribution in [0.2, 0.25) is 0 Å². The van der Waals surface area contributed by atoms with E-state index >= 15 is 0 Å². The standard InChI is InChI=1S/C12H14F10O2/c1-4-6(2)7(23)24-5-9(15,16)11(19,20)12(21,22)10(17,18)8(3,13)14/h6H,4-5H2,1-3H3. The van der Waals surface area contributed by atoms with Crippen molar-refractivity contribution in [2.45, 2.75) is 56.8 Å². The topological polar surface area (TPSA) is 26.3 Å². The van der Waals surface area contributed by atoms with Gasteiger partial charge in [0.05, 0.1) is 5.92 Å². The van der Waals surface area contributed by atoms with Crippen molar-refractivity contribution in [1.82, 2.24) is 0 Å². The molecule has 0 N–H and O–H groups in total. The van der Waals surface area contributed by atoms with Crippen molar-refractivity contribution in [2.75, 3.05) is 6.61 Å². The zero-order chi connectivity index (χ0) is 19.8. The molecule has 12 heteroatoms. The maximum atomic E-state index is 13.3. The van der Waals surface area contributed by atoms with E-state index in [1.54, 1.807) is 0 Å². The van der Waals surface area contributed by atoms with Crippen LogP contribution in [0, 0.1) is 5.92 Å². The summed E-state index contributed by atoms with van der Waals surface area (Å²) in [7, 11) is 0. The maximum Gasteiger partial charge on any atom is 0.384 e. The van der Waals surface area contributed by atoms with Gasteiger partial charge in [0.15, 0.2) is 6.61 Å². The molecule has 0 bridgehead atoms. The van der Waals surface area contributed by atoms with E-state index in [-0.39, 0.29) is 6.42 Å². The van der Waals surface area contributed by atoms with Crippen molar-refractivity contribution in [3.05, 3.63) is 0 Å². The second kappa shape index (κ2) is 6.58. The van der Waals surface area contributed by atoms with E-state index < -0.39 is 55.0 Å². The van der Waals surface area contributed by atoms with E-state index in [2.05, 4.69) is 4.74 Å². The first-order valence-corrected chi connectivity index (χ1v) is 6.42. The van der Waals surface area contributed by atoms with Gasteiger partial charge < -0.3 is 4.74 Å². The lowest BCUT2D eigenvalue weighted by molar-refractivity contribution is -0.401. The number of esters is 1. The van der Waals surface area contributed by atoms with Gasteiger partial charge in [-0.25, -0.2) is 0 Å². The Morgan fingerprint density at radius 2 is 1.29 bits per heavy atom. The van der Waals surface area contributed by atoms with Crippen molar-refractivity contribution in [1.29, 1.82) is 0 Å². The van der Waals surface area contributed by atoms with E-state index in [0.29, 0.717) is 0 Å². The summed E-state index contributed by atoms with van der Waals surface area (Å²) in [6.45, 7) is -0.974. The second-order valence-corrected chi connectivity index (χ2v) is 5.23. The summed E-state index contributed by atoms with van der Waals surface area (Å²) >= 11 is 0. The van der Waals surface area contributed by atoms with Gasteiger partial charge in [-0.05, 0) is 6.42 Å². The molecule has 144 valence electrons. The number of hydrogen-bond donors (Lipinski definition) is 0. The molecule has 0 saturated heterocycles. The zero-order valence-corrected chi connectivity index (χ0v) is 12.6. The van der Waals surface area contributed by atoms with Gasteiger partial charge in [-0.15, -0.1) is 0 Å². The van der Waals surface area contributed by atoms with Crippen LogP contribution in [0.25, 0.3) is 0 Å². The van der Waals surface area contributed by atoms with E-state index in [1.165, 1.54) is 6.92 Å². The van der Waals surface area contributed by atoms with Crippen molar-refractivity contribution in [2.24, 2.45) is 5.92 Å². The van der Waals surface area contributed by atoms with Gasteiger partial charge in [-0.1, -0.05) is 13.8 Å². The summed E-state index contributed by atoms with van der Waals surface area (Å²) in [5, 5.41) is 0. The summed E-state index contributed by atoms with van der Waals surface area (Å²) in [4.78, 5) is 11.1. The molecule has 0 amide bonds. The highest BCUT2D eigenvalue weighted by Gasteiger charge is 2.85. The zero-order valence-electron chi connectivity index (χ0n) is 12.6. The largest absolute Gasteiger partial charge is 0.459 e. The Bertz CT molecular complexity index is 455. The molecule has 0 radical (unpaired) electrons. The van der Waals surface area contributed by atoms with Gasteiger partial charge in [-0.2, -0.15) is 43.9 Å². The Hall–Kier alpha value is -1.23. The lowest BCUT2D eigenvalue weighted by atomic mass is 9.95. The number of rotatable bonds is 8. The Morgan fingerprint density at radius 1 is 0.875 bits per heavy atom. The average Bonchev–Trinajstić information content (AvgIpc) is 2.41. The molecule has 24 heavy (non-hydrogen) atoms. The molecule has 2 nitrogen and oxygen atoms in total. The molecule has 0 fully saturated rings. The Kier molecular flexibility index (Phi) is 6.25. The van der Waals surface area contributed by atoms with Crippen LogP contribution in [0.15, 0.2) is 0 Å². The molecule has 0 rings (SSSR count). The molecule has 0 aromatic rings. The predicted molar refractivity (Wildman–Crippen MR) is 60.8 cm³/mol. The van der Waals surface area contributed by atoms with Crippen molar-refractivity contribution >= 4 is 5.97 Å². The first-order chi connectivity index (χ1) is 10.4. The lowest BCUT2D eigenvalue weighted by Gasteiger charge is -2.38. The lowest BCUT2D eigenvalue weighted by Crippen LogP contribution is -2.67. The van der Waals surface area contributed by atoms with Crippen LogP contribution in [0.4, 0.5) is 43.9 Å². The van der Waals surface area contributed by atoms with Crippen LogP contribution in [0.3, 0.4) is 0 Å². The van der Waals surface area contributed by atoms with Crippen LogP contribution >= 0.6 is 0 Å². The smallest absolute Gasteiger partial charge is 0.384 e.